The number of benzene rings is 1. The molecule has 4 heteroatoms. The molecule has 3 atom stereocenters. The maximum atomic E-state index is 10.5. The molecule has 0 saturated carbocycles. The second-order valence-electron chi connectivity index (χ2n) is 5.70. The van der Waals surface area contributed by atoms with Crippen LogP contribution in [0.5, 0.6) is 0 Å². The Kier molecular flexibility index (Phi) is 5.54. The predicted octanol–water partition coefficient (Wildman–Crippen LogP) is 1.59. The third kappa shape index (κ3) is 3.58. The van der Waals surface area contributed by atoms with Crippen LogP contribution in [0.2, 0.25) is 0 Å². The van der Waals surface area contributed by atoms with Crippen LogP contribution in [-0.4, -0.2) is 48.1 Å². The van der Waals surface area contributed by atoms with Gasteiger partial charge in [0.1, 0.15) is 6.10 Å². The zero-order chi connectivity index (χ0) is 14.5. The number of methoxy groups -OCH3 is 1. The molecule has 1 saturated heterocycles. The highest BCUT2D eigenvalue weighted by atomic mass is 16.5. The molecule has 112 valence electrons. The van der Waals surface area contributed by atoms with E-state index in [1.165, 1.54) is 5.56 Å². The van der Waals surface area contributed by atoms with Gasteiger partial charge in [0.2, 0.25) is 0 Å². The Morgan fingerprint density at radius 2 is 2.05 bits per heavy atom. The van der Waals surface area contributed by atoms with Gasteiger partial charge in [-0.3, -0.25) is 10.2 Å². The van der Waals surface area contributed by atoms with Crippen LogP contribution in [0.3, 0.4) is 0 Å². The monoisotopic (exact) mass is 278 g/mol. The van der Waals surface area contributed by atoms with Crippen molar-refractivity contribution < 1.29 is 9.84 Å². The van der Waals surface area contributed by atoms with Gasteiger partial charge in [0.05, 0.1) is 12.3 Å². The summed E-state index contributed by atoms with van der Waals surface area (Å²) in [4.78, 5) is 2.31. The standard InChI is InChI=1S/C16H26N2O2/c1-12(2)18-10-9-14(20-3)15(19)16(18)17-11-13-7-5-4-6-8-13/h4-8,12,14-17,19H,9-11H2,1-3H3. The van der Waals surface area contributed by atoms with Gasteiger partial charge in [0.15, 0.2) is 0 Å². The van der Waals surface area contributed by atoms with Gasteiger partial charge in [0, 0.05) is 26.2 Å². The lowest BCUT2D eigenvalue weighted by Crippen LogP contribution is -2.62. The van der Waals surface area contributed by atoms with Gasteiger partial charge in [-0.15, -0.1) is 0 Å². The number of ether oxygens (including phenoxy) is 1. The molecule has 0 aromatic heterocycles. The molecule has 1 aromatic rings. The SMILES string of the molecule is COC1CCN(C(C)C)C(NCc2ccccc2)C1O. The number of piperidine rings is 1. The average Bonchev–Trinajstić information content (AvgIpc) is 2.46. The van der Waals surface area contributed by atoms with Gasteiger partial charge in [-0.25, -0.2) is 0 Å². The number of hydrogen-bond acceptors (Lipinski definition) is 4. The van der Waals surface area contributed by atoms with Gasteiger partial charge in [0.25, 0.3) is 0 Å². The minimum absolute atomic E-state index is 0.0612. The van der Waals surface area contributed by atoms with Crippen molar-refractivity contribution in [2.75, 3.05) is 13.7 Å². The zero-order valence-corrected chi connectivity index (χ0v) is 12.6. The van der Waals surface area contributed by atoms with E-state index in [1.807, 2.05) is 18.2 Å². The number of likely N-dealkylation sites (tertiary alicyclic amines) is 1. The van der Waals surface area contributed by atoms with E-state index in [1.54, 1.807) is 7.11 Å². The first-order chi connectivity index (χ1) is 9.63. The van der Waals surface area contributed by atoms with E-state index in [2.05, 4.69) is 36.2 Å². The lowest BCUT2D eigenvalue weighted by Gasteiger charge is -2.45. The summed E-state index contributed by atoms with van der Waals surface area (Å²) in [6.45, 7) is 6.02. The summed E-state index contributed by atoms with van der Waals surface area (Å²) in [6, 6.07) is 10.7. The number of rotatable bonds is 5. The Balaban J connectivity index is 2.03. The summed E-state index contributed by atoms with van der Waals surface area (Å²) >= 11 is 0. The molecule has 2 rings (SSSR count). The smallest absolute Gasteiger partial charge is 0.109 e. The first kappa shape index (κ1) is 15.4. The normalized spacial score (nSPS) is 27.9. The summed E-state index contributed by atoms with van der Waals surface area (Å²) in [7, 11) is 1.67. The summed E-state index contributed by atoms with van der Waals surface area (Å²) in [5, 5.41) is 14.0. The van der Waals surface area contributed by atoms with E-state index in [9.17, 15) is 5.11 Å². The molecule has 0 aliphatic carbocycles. The molecule has 20 heavy (non-hydrogen) atoms. The Morgan fingerprint density at radius 1 is 1.35 bits per heavy atom. The molecular weight excluding hydrogens is 252 g/mol. The van der Waals surface area contributed by atoms with Crippen LogP contribution in [0, 0.1) is 0 Å². The van der Waals surface area contributed by atoms with E-state index in [0.29, 0.717) is 6.04 Å². The maximum Gasteiger partial charge on any atom is 0.109 e. The molecule has 0 bridgehead atoms. The lowest BCUT2D eigenvalue weighted by atomic mass is 9.99. The highest BCUT2D eigenvalue weighted by Crippen LogP contribution is 2.21. The third-order valence-electron chi connectivity index (χ3n) is 4.06. The van der Waals surface area contributed by atoms with Gasteiger partial charge < -0.3 is 9.84 Å². The first-order valence-corrected chi connectivity index (χ1v) is 7.37. The van der Waals surface area contributed by atoms with Crippen molar-refractivity contribution in [3.63, 3.8) is 0 Å². The van der Waals surface area contributed by atoms with Crippen molar-refractivity contribution >= 4 is 0 Å². The van der Waals surface area contributed by atoms with Crippen molar-refractivity contribution in [1.29, 1.82) is 0 Å². The molecule has 0 amide bonds. The highest BCUT2D eigenvalue weighted by Gasteiger charge is 2.37. The van der Waals surface area contributed by atoms with Crippen molar-refractivity contribution in [2.24, 2.45) is 0 Å². The fourth-order valence-corrected chi connectivity index (χ4v) is 2.88. The Labute approximate surface area is 121 Å². The molecule has 2 N–H and O–H groups in total. The summed E-state index contributed by atoms with van der Waals surface area (Å²) < 4.78 is 5.40. The first-order valence-electron chi connectivity index (χ1n) is 7.37. The Bertz CT molecular complexity index is 397. The van der Waals surface area contributed by atoms with Gasteiger partial charge in [-0.1, -0.05) is 30.3 Å². The molecule has 1 aliphatic heterocycles. The second-order valence-corrected chi connectivity index (χ2v) is 5.70. The van der Waals surface area contributed by atoms with E-state index in [0.717, 1.165) is 19.5 Å². The Morgan fingerprint density at radius 3 is 2.65 bits per heavy atom. The maximum absolute atomic E-state index is 10.5. The van der Waals surface area contributed by atoms with Crippen LogP contribution in [0.15, 0.2) is 30.3 Å². The van der Waals surface area contributed by atoms with Crippen molar-refractivity contribution in [1.82, 2.24) is 10.2 Å². The molecule has 3 unspecified atom stereocenters. The predicted molar refractivity (Wildman–Crippen MR) is 80.3 cm³/mol. The van der Waals surface area contributed by atoms with Gasteiger partial charge in [-0.2, -0.15) is 0 Å². The Hall–Kier alpha value is -0.940. The number of nitrogens with one attached hydrogen (secondary N) is 1. The van der Waals surface area contributed by atoms with Crippen LogP contribution in [0.4, 0.5) is 0 Å². The van der Waals surface area contributed by atoms with Gasteiger partial charge in [-0.05, 0) is 25.8 Å². The van der Waals surface area contributed by atoms with Crippen LogP contribution in [-0.2, 0) is 11.3 Å². The fraction of sp³-hybridized carbons (Fsp3) is 0.625. The topological polar surface area (TPSA) is 44.7 Å². The molecule has 1 aromatic carbocycles. The molecule has 1 heterocycles. The van der Waals surface area contributed by atoms with Gasteiger partial charge >= 0.3 is 0 Å². The highest BCUT2D eigenvalue weighted by molar-refractivity contribution is 5.14. The molecular formula is C16H26N2O2. The van der Waals surface area contributed by atoms with Crippen LogP contribution >= 0.6 is 0 Å². The molecule has 1 fully saturated rings. The van der Waals surface area contributed by atoms with Crippen molar-refractivity contribution in [3.05, 3.63) is 35.9 Å². The number of hydrogen-bond donors (Lipinski definition) is 2. The third-order valence-corrected chi connectivity index (χ3v) is 4.06. The van der Waals surface area contributed by atoms with Crippen LogP contribution in [0.25, 0.3) is 0 Å². The largest absolute Gasteiger partial charge is 0.387 e. The lowest BCUT2D eigenvalue weighted by molar-refractivity contribution is -0.110. The fourth-order valence-electron chi connectivity index (χ4n) is 2.88. The van der Waals surface area contributed by atoms with E-state index >= 15 is 0 Å². The minimum Gasteiger partial charge on any atom is -0.387 e. The number of nitrogens with zero attached hydrogens (tertiary/aromatic N) is 1. The second kappa shape index (κ2) is 7.18. The molecule has 0 radical (unpaired) electrons. The summed E-state index contributed by atoms with van der Waals surface area (Å²) in [5.74, 6) is 0. The summed E-state index contributed by atoms with van der Waals surface area (Å²) in [5.41, 5.74) is 1.22. The molecule has 0 spiro atoms. The number of aliphatic hydroxyl groups excluding tert-OH is 1. The molecule has 4 nitrogen and oxygen atoms in total. The van der Waals surface area contributed by atoms with Crippen LogP contribution < -0.4 is 5.32 Å². The van der Waals surface area contributed by atoms with Crippen molar-refractivity contribution in [2.45, 2.75) is 51.2 Å². The van der Waals surface area contributed by atoms with E-state index < -0.39 is 6.10 Å². The average molecular weight is 278 g/mol. The van der Waals surface area contributed by atoms with Crippen molar-refractivity contribution in [3.8, 4) is 0 Å². The quantitative estimate of drug-likeness (QED) is 0.858. The zero-order valence-electron chi connectivity index (χ0n) is 12.6. The van der Waals surface area contributed by atoms with E-state index in [-0.39, 0.29) is 12.3 Å². The molecule has 1 aliphatic rings. The van der Waals surface area contributed by atoms with E-state index in [4.69, 9.17) is 4.74 Å². The minimum atomic E-state index is -0.500. The summed E-state index contributed by atoms with van der Waals surface area (Å²) in [6.07, 6.45) is 0.228. The van der Waals surface area contributed by atoms with Crippen LogP contribution in [0.1, 0.15) is 25.8 Å². The number of aliphatic hydroxyl groups is 1.